The number of nitrogens with one attached hydrogen (secondary N) is 2. The van der Waals surface area contributed by atoms with E-state index >= 15 is 0 Å². The second kappa shape index (κ2) is 28.0. The van der Waals surface area contributed by atoms with Crippen LogP contribution in [0.1, 0.15) is 111 Å². The molecule has 1 aliphatic rings. The normalized spacial score (nSPS) is 12.6. The number of aliphatic carboxylic acids is 1. The number of amides is 3. The number of carboxylic acid groups (broad SMARTS) is 1. The van der Waals surface area contributed by atoms with Gasteiger partial charge in [0.15, 0.2) is 0 Å². The molecule has 12 heteroatoms. The van der Waals surface area contributed by atoms with Gasteiger partial charge >= 0.3 is 12.1 Å². The largest absolute Gasteiger partial charge is 0.497 e. The Bertz CT molecular complexity index is 2220. The van der Waals surface area contributed by atoms with Crippen molar-refractivity contribution in [2.45, 2.75) is 95.2 Å². The Hall–Kier alpha value is -6.50. The zero-order valence-corrected chi connectivity index (χ0v) is 39.8. The summed E-state index contributed by atoms with van der Waals surface area (Å²) in [5, 5.41) is 12.9. The van der Waals surface area contributed by atoms with Crippen LogP contribution in [0.3, 0.4) is 0 Å². The van der Waals surface area contributed by atoms with Crippen LogP contribution >= 0.6 is 0 Å². The lowest BCUT2D eigenvalue weighted by Crippen LogP contribution is -2.39. The van der Waals surface area contributed by atoms with Gasteiger partial charge in [-0.15, -0.1) is 0 Å². The maximum atomic E-state index is 12.4. The summed E-state index contributed by atoms with van der Waals surface area (Å²) < 4.78 is 23.4. The maximum absolute atomic E-state index is 12.4. The number of benzene rings is 5. The van der Waals surface area contributed by atoms with Crippen LogP contribution in [0.4, 0.5) is 4.79 Å². The lowest BCUT2D eigenvalue weighted by molar-refractivity contribution is -0.137. The Morgan fingerprint density at radius 1 is 0.647 bits per heavy atom. The van der Waals surface area contributed by atoms with Gasteiger partial charge in [0.05, 0.1) is 13.2 Å². The molecular weight excluding hydrogens is 859 g/mol. The van der Waals surface area contributed by atoms with E-state index in [9.17, 15) is 19.2 Å². The number of rotatable bonds is 27. The van der Waals surface area contributed by atoms with Crippen molar-refractivity contribution in [3.63, 3.8) is 0 Å². The Balaban J connectivity index is 0.000000283. The number of methoxy groups -OCH3 is 2. The molecule has 5 aromatic rings. The zero-order valence-electron chi connectivity index (χ0n) is 39.8. The van der Waals surface area contributed by atoms with Gasteiger partial charge in [-0.3, -0.25) is 14.4 Å². The molecule has 362 valence electrons. The van der Waals surface area contributed by atoms with Crippen LogP contribution in [0.2, 0.25) is 0 Å². The highest BCUT2D eigenvalue weighted by atomic mass is 16.5. The maximum Gasteiger partial charge on any atom is 0.407 e. The molecular formula is C56H69N3O9. The van der Waals surface area contributed by atoms with Crippen molar-refractivity contribution >= 4 is 23.9 Å². The minimum Gasteiger partial charge on any atom is -0.497 e. The van der Waals surface area contributed by atoms with Crippen molar-refractivity contribution in [1.82, 2.24) is 10.6 Å². The number of hydrogen-bond donors (Lipinski definition) is 4. The Morgan fingerprint density at radius 3 is 1.75 bits per heavy atom. The molecule has 0 spiro atoms. The van der Waals surface area contributed by atoms with E-state index in [2.05, 4.69) is 78.2 Å². The molecule has 3 amide bonds. The first-order valence-corrected chi connectivity index (χ1v) is 23.9. The first-order valence-electron chi connectivity index (χ1n) is 23.9. The summed E-state index contributed by atoms with van der Waals surface area (Å²) in [7, 11) is 3.43. The van der Waals surface area contributed by atoms with Gasteiger partial charge in [-0.1, -0.05) is 173 Å². The summed E-state index contributed by atoms with van der Waals surface area (Å²) in [6.45, 7) is 2.08. The van der Waals surface area contributed by atoms with Crippen LogP contribution < -0.4 is 21.1 Å². The molecule has 5 N–H and O–H groups in total. The topological polar surface area (TPSA) is 176 Å². The second-order valence-corrected chi connectivity index (χ2v) is 17.1. The molecule has 0 aromatic heterocycles. The van der Waals surface area contributed by atoms with E-state index in [1.807, 2.05) is 72.8 Å². The van der Waals surface area contributed by atoms with Gasteiger partial charge in [0, 0.05) is 25.6 Å². The summed E-state index contributed by atoms with van der Waals surface area (Å²) in [5.74, 6) is -1.43. The quantitative estimate of drug-likeness (QED) is 0.0295. The summed E-state index contributed by atoms with van der Waals surface area (Å²) in [6, 6.07) is 44.8. The molecule has 12 nitrogen and oxygen atoms in total. The van der Waals surface area contributed by atoms with E-state index in [0.29, 0.717) is 13.0 Å². The number of unbranched alkanes of at least 4 members (excludes halogenated alkanes) is 6. The second-order valence-electron chi connectivity index (χ2n) is 17.1. The van der Waals surface area contributed by atoms with Crippen LogP contribution in [0.15, 0.2) is 133 Å². The number of carbonyl (C=O) groups excluding carboxylic acids is 3. The number of carbonyl (C=O) groups is 4. The smallest absolute Gasteiger partial charge is 0.407 e. The third kappa shape index (κ3) is 15.3. The monoisotopic (exact) mass is 928 g/mol. The van der Waals surface area contributed by atoms with Crippen molar-refractivity contribution in [2.24, 2.45) is 11.7 Å². The lowest BCUT2D eigenvalue weighted by Gasteiger charge is -2.36. The molecule has 1 aliphatic carbocycles. The summed E-state index contributed by atoms with van der Waals surface area (Å²) in [4.78, 5) is 46.0. The van der Waals surface area contributed by atoms with E-state index in [-0.39, 0.29) is 37.0 Å². The SMILES string of the molecule is CCCCCCCCC(CC(CCCCOC(c1ccccc1)(c1ccccc1)c1ccc(OC)cc1)C(N)=O)OC.O=C(O)CNC(=O)CNC(=O)OCC1c2ccccc2-c2ccccc21. The molecule has 0 fully saturated rings. The van der Waals surface area contributed by atoms with Crippen LogP contribution in [-0.2, 0) is 34.2 Å². The van der Waals surface area contributed by atoms with Crippen molar-refractivity contribution < 1.29 is 43.2 Å². The summed E-state index contributed by atoms with van der Waals surface area (Å²) in [5.41, 5.74) is 12.7. The summed E-state index contributed by atoms with van der Waals surface area (Å²) in [6.07, 6.45) is 10.9. The Kier molecular flexibility index (Phi) is 21.6. The first-order chi connectivity index (χ1) is 33.1. The van der Waals surface area contributed by atoms with E-state index in [0.717, 1.165) is 76.8 Å². The predicted octanol–water partition coefficient (Wildman–Crippen LogP) is 10.2. The Morgan fingerprint density at radius 2 is 1.19 bits per heavy atom. The third-order valence-electron chi connectivity index (χ3n) is 12.5. The number of primary amides is 1. The zero-order chi connectivity index (χ0) is 48.6. The molecule has 0 heterocycles. The predicted molar refractivity (Wildman–Crippen MR) is 265 cm³/mol. The minimum absolute atomic E-state index is 0.0611. The van der Waals surface area contributed by atoms with Gasteiger partial charge in [-0.05, 0) is 76.8 Å². The standard InChI is InChI=1S/C37H51NO4.C19H18N2O5/c1-4-5-6-7-8-15-23-35(41-3)29-30(36(38)39)18-16-17-28-42-37(31-19-11-9-12-20-31,32-21-13-10-14-22-32)33-24-26-34(40-2)27-25-33;22-17(20-10-18(23)24)9-21-19(25)26-11-16-14-7-3-1-5-12(14)13-6-2-4-8-15(13)16/h9-14,19-22,24-27,30,35H,4-8,15-18,23,28-29H2,1-3H3,(H2,38,39);1-8,16H,9-11H2,(H,20,22)(H,21,25)(H,23,24). The molecule has 0 saturated heterocycles. The molecule has 2 atom stereocenters. The number of hydrogen-bond acceptors (Lipinski definition) is 8. The van der Waals surface area contributed by atoms with Crippen LogP contribution in [0, 0.1) is 5.92 Å². The third-order valence-corrected chi connectivity index (χ3v) is 12.5. The van der Waals surface area contributed by atoms with E-state index in [1.165, 1.54) is 32.1 Å². The molecule has 6 rings (SSSR count). The molecule has 0 radical (unpaired) electrons. The highest BCUT2D eigenvalue weighted by Gasteiger charge is 2.37. The fraction of sp³-hybridized carbons (Fsp3) is 0.393. The summed E-state index contributed by atoms with van der Waals surface area (Å²) >= 11 is 0. The Labute approximate surface area is 401 Å². The molecule has 0 aliphatic heterocycles. The number of fused-ring (bicyclic) bond motifs is 3. The lowest BCUT2D eigenvalue weighted by atomic mass is 9.80. The van der Waals surface area contributed by atoms with E-state index in [4.69, 9.17) is 29.8 Å². The van der Waals surface area contributed by atoms with Gasteiger partial charge in [-0.2, -0.15) is 0 Å². The molecule has 68 heavy (non-hydrogen) atoms. The van der Waals surface area contributed by atoms with Crippen molar-refractivity contribution in [3.05, 3.63) is 161 Å². The van der Waals surface area contributed by atoms with Crippen molar-refractivity contribution in [3.8, 4) is 16.9 Å². The van der Waals surface area contributed by atoms with Gasteiger partial charge in [0.25, 0.3) is 0 Å². The van der Waals surface area contributed by atoms with E-state index in [1.54, 1.807) is 14.2 Å². The highest BCUT2D eigenvalue weighted by molar-refractivity contribution is 5.85. The highest BCUT2D eigenvalue weighted by Crippen LogP contribution is 2.45. The number of ether oxygens (including phenoxy) is 4. The van der Waals surface area contributed by atoms with Crippen molar-refractivity contribution in [2.75, 3.05) is 40.5 Å². The van der Waals surface area contributed by atoms with E-state index < -0.39 is 30.1 Å². The van der Waals surface area contributed by atoms with Gasteiger partial charge < -0.3 is 40.4 Å². The number of alkyl carbamates (subject to hydrolysis) is 1. The van der Waals surface area contributed by atoms with Crippen LogP contribution in [-0.4, -0.2) is 75.6 Å². The average molecular weight is 928 g/mol. The molecule has 5 aromatic carbocycles. The number of nitrogens with two attached hydrogens (primary N) is 1. The van der Waals surface area contributed by atoms with Gasteiger partial charge in [0.1, 0.15) is 31.0 Å². The van der Waals surface area contributed by atoms with Crippen LogP contribution in [0.25, 0.3) is 11.1 Å². The molecule has 2 unspecified atom stereocenters. The molecule has 0 bridgehead atoms. The fourth-order valence-corrected chi connectivity index (χ4v) is 8.86. The van der Waals surface area contributed by atoms with Crippen molar-refractivity contribution in [1.29, 1.82) is 0 Å². The van der Waals surface area contributed by atoms with Gasteiger partial charge in [0.2, 0.25) is 11.8 Å². The molecule has 0 saturated carbocycles. The van der Waals surface area contributed by atoms with Crippen LogP contribution in [0.5, 0.6) is 5.75 Å². The average Bonchev–Trinajstić information content (AvgIpc) is 3.69. The van der Waals surface area contributed by atoms with Gasteiger partial charge in [-0.25, -0.2) is 4.79 Å². The first kappa shape index (κ1) is 52.5. The minimum atomic E-state index is -1.15. The number of carboxylic acids is 1. The fourth-order valence-electron chi connectivity index (χ4n) is 8.86.